The quantitative estimate of drug-likeness (QED) is 0.174. The highest BCUT2D eigenvalue weighted by molar-refractivity contribution is 7.99. The summed E-state index contributed by atoms with van der Waals surface area (Å²) in [6.07, 6.45) is 0. The lowest BCUT2D eigenvalue weighted by atomic mass is 9.66. The van der Waals surface area contributed by atoms with Crippen LogP contribution < -0.4 is 0 Å². The molecular weight excluding hydrogens is 749 g/mol. The fraction of sp³-hybridized carbons (Fsp3) is 0.0182. The number of rotatable bonds is 5. The standard InChI is InChI=1S/C55H32N4S/c56-33-35-27-36(34-57)29-43(28-35)38-21-19-37(20-22-38)41-23-25-52-48(30-41)55(46-17-9-7-15-44(46)45-16-8-10-18-47(45)55)49-31-42(24-26-53(49)60-52)54-58-50(39-11-3-1-4-12-39)32-51(59-54)40-13-5-2-6-14-40/h1-32H. The first kappa shape index (κ1) is 35.3. The summed E-state index contributed by atoms with van der Waals surface area (Å²) in [5.41, 5.74) is 16.5. The van der Waals surface area contributed by atoms with Crippen LogP contribution in [-0.2, 0) is 5.41 Å². The Labute approximate surface area is 352 Å². The van der Waals surface area contributed by atoms with E-state index in [0.29, 0.717) is 17.0 Å². The van der Waals surface area contributed by atoms with E-state index >= 15 is 0 Å². The van der Waals surface area contributed by atoms with Gasteiger partial charge in [-0.25, -0.2) is 9.97 Å². The summed E-state index contributed by atoms with van der Waals surface area (Å²) < 4.78 is 0. The summed E-state index contributed by atoms with van der Waals surface area (Å²) in [4.78, 5) is 12.9. The van der Waals surface area contributed by atoms with Crippen molar-refractivity contribution in [2.24, 2.45) is 0 Å². The molecule has 1 spiro atoms. The fourth-order valence-corrected chi connectivity index (χ4v) is 10.2. The molecule has 11 rings (SSSR count). The summed E-state index contributed by atoms with van der Waals surface area (Å²) in [6.45, 7) is 0. The van der Waals surface area contributed by atoms with Gasteiger partial charge in [-0.15, -0.1) is 0 Å². The fourth-order valence-electron chi connectivity index (χ4n) is 9.09. The molecule has 0 bridgehead atoms. The van der Waals surface area contributed by atoms with Gasteiger partial charge in [-0.3, -0.25) is 0 Å². The average Bonchev–Trinajstić information content (AvgIpc) is 3.62. The Morgan fingerprint density at radius 3 is 1.35 bits per heavy atom. The van der Waals surface area contributed by atoms with Gasteiger partial charge in [-0.1, -0.05) is 157 Å². The van der Waals surface area contributed by atoms with Gasteiger partial charge in [0.15, 0.2) is 5.82 Å². The third-order valence-electron chi connectivity index (χ3n) is 11.8. The molecule has 0 atom stereocenters. The largest absolute Gasteiger partial charge is 0.228 e. The summed E-state index contributed by atoms with van der Waals surface area (Å²) in [5.74, 6) is 0.680. The molecule has 60 heavy (non-hydrogen) atoms. The third kappa shape index (κ3) is 5.68. The molecule has 0 N–H and O–H groups in total. The maximum atomic E-state index is 9.60. The Morgan fingerprint density at radius 1 is 0.367 bits per heavy atom. The van der Waals surface area contributed by atoms with E-state index in [-0.39, 0.29) is 0 Å². The van der Waals surface area contributed by atoms with Gasteiger partial charge >= 0.3 is 0 Å². The van der Waals surface area contributed by atoms with Crippen molar-refractivity contribution in [3.05, 3.63) is 228 Å². The summed E-state index contributed by atoms with van der Waals surface area (Å²) in [6, 6.07) is 72.3. The summed E-state index contributed by atoms with van der Waals surface area (Å²) >= 11 is 1.81. The molecule has 278 valence electrons. The van der Waals surface area contributed by atoms with Gasteiger partial charge in [0.1, 0.15) is 0 Å². The van der Waals surface area contributed by atoms with Gasteiger partial charge in [0.05, 0.1) is 40.1 Å². The molecule has 1 aliphatic carbocycles. The first-order valence-electron chi connectivity index (χ1n) is 19.8. The minimum Gasteiger partial charge on any atom is -0.228 e. The molecule has 0 unspecified atom stereocenters. The van der Waals surface area contributed by atoms with Gasteiger partial charge in [0.2, 0.25) is 0 Å². The normalized spacial score (nSPS) is 12.7. The Morgan fingerprint density at radius 2 is 0.817 bits per heavy atom. The Balaban J connectivity index is 1.11. The van der Waals surface area contributed by atoms with Gasteiger partial charge in [0.25, 0.3) is 0 Å². The summed E-state index contributed by atoms with van der Waals surface area (Å²) in [7, 11) is 0. The molecule has 0 saturated heterocycles. The zero-order chi connectivity index (χ0) is 40.2. The molecular formula is C55H32N4S. The summed E-state index contributed by atoms with van der Waals surface area (Å²) in [5, 5.41) is 19.2. The highest BCUT2D eigenvalue weighted by Crippen LogP contribution is 2.62. The molecule has 8 aromatic carbocycles. The number of hydrogen-bond acceptors (Lipinski definition) is 5. The Hall–Kier alpha value is -7.83. The molecule has 0 fully saturated rings. The number of benzene rings is 8. The van der Waals surface area contributed by atoms with Crippen LogP contribution in [0, 0.1) is 22.7 Å². The van der Waals surface area contributed by atoms with Crippen LogP contribution in [0.4, 0.5) is 0 Å². The smallest absolute Gasteiger partial charge is 0.160 e. The van der Waals surface area contributed by atoms with Crippen LogP contribution in [0.15, 0.2) is 204 Å². The van der Waals surface area contributed by atoms with Gasteiger partial charge in [-0.05, 0) is 104 Å². The molecule has 1 aliphatic heterocycles. The highest BCUT2D eigenvalue weighted by Gasteiger charge is 2.50. The van der Waals surface area contributed by atoms with E-state index in [0.717, 1.165) is 50.3 Å². The lowest BCUT2D eigenvalue weighted by Crippen LogP contribution is -2.32. The van der Waals surface area contributed by atoms with E-state index < -0.39 is 5.41 Å². The number of hydrogen-bond donors (Lipinski definition) is 0. The van der Waals surface area contributed by atoms with Gasteiger partial charge in [-0.2, -0.15) is 10.5 Å². The highest BCUT2D eigenvalue weighted by atomic mass is 32.2. The van der Waals surface area contributed by atoms with Crippen LogP contribution in [0.1, 0.15) is 33.4 Å². The predicted molar refractivity (Wildman–Crippen MR) is 240 cm³/mol. The van der Waals surface area contributed by atoms with Crippen LogP contribution in [0.2, 0.25) is 0 Å². The van der Waals surface area contributed by atoms with E-state index in [9.17, 15) is 10.5 Å². The average molecular weight is 781 g/mol. The number of fused-ring (bicyclic) bond motifs is 9. The van der Waals surface area contributed by atoms with E-state index in [1.54, 1.807) is 6.07 Å². The van der Waals surface area contributed by atoms with E-state index in [1.807, 2.05) is 60.3 Å². The minimum atomic E-state index is -0.611. The van der Waals surface area contributed by atoms with Crippen molar-refractivity contribution in [1.29, 1.82) is 10.5 Å². The van der Waals surface area contributed by atoms with Crippen molar-refractivity contribution in [2.45, 2.75) is 15.2 Å². The maximum Gasteiger partial charge on any atom is 0.160 e. The first-order chi connectivity index (χ1) is 29.6. The van der Waals surface area contributed by atoms with Crippen LogP contribution in [0.5, 0.6) is 0 Å². The van der Waals surface area contributed by atoms with Crippen molar-refractivity contribution < 1.29 is 0 Å². The molecule has 0 radical (unpaired) electrons. The Bertz CT molecular complexity index is 3120. The predicted octanol–water partition coefficient (Wildman–Crippen LogP) is 13.4. The molecule has 0 amide bonds. The van der Waals surface area contributed by atoms with Gasteiger partial charge in [0, 0.05) is 26.5 Å². The molecule has 1 aromatic heterocycles. The van der Waals surface area contributed by atoms with Crippen LogP contribution in [0.25, 0.3) is 67.3 Å². The number of nitriles is 2. The van der Waals surface area contributed by atoms with E-state index in [2.05, 4.69) is 152 Å². The Kier molecular flexibility index (Phi) is 8.38. The zero-order valence-corrected chi connectivity index (χ0v) is 33.0. The molecule has 2 aliphatic rings. The second-order valence-electron chi connectivity index (χ2n) is 15.2. The molecule has 5 heteroatoms. The lowest BCUT2D eigenvalue weighted by Gasteiger charge is -2.40. The van der Waals surface area contributed by atoms with Crippen molar-refractivity contribution >= 4 is 11.8 Å². The number of nitrogens with zero attached hydrogens (tertiary/aromatic N) is 4. The topological polar surface area (TPSA) is 73.4 Å². The van der Waals surface area contributed by atoms with Crippen LogP contribution in [-0.4, -0.2) is 9.97 Å². The second-order valence-corrected chi connectivity index (χ2v) is 16.2. The number of aromatic nitrogens is 2. The van der Waals surface area contributed by atoms with Crippen LogP contribution >= 0.6 is 11.8 Å². The van der Waals surface area contributed by atoms with Gasteiger partial charge < -0.3 is 0 Å². The van der Waals surface area contributed by atoms with Crippen molar-refractivity contribution in [3.63, 3.8) is 0 Å². The molecule has 4 nitrogen and oxygen atoms in total. The van der Waals surface area contributed by atoms with Crippen LogP contribution in [0.3, 0.4) is 0 Å². The second kappa shape index (κ2) is 14.2. The zero-order valence-electron chi connectivity index (χ0n) is 32.2. The third-order valence-corrected chi connectivity index (χ3v) is 13.0. The minimum absolute atomic E-state index is 0.471. The molecule has 0 saturated carbocycles. The van der Waals surface area contributed by atoms with Crippen molar-refractivity contribution in [3.8, 4) is 79.4 Å². The maximum absolute atomic E-state index is 9.60. The van der Waals surface area contributed by atoms with Crippen molar-refractivity contribution in [1.82, 2.24) is 9.97 Å². The molecule has 9 aromatic rings. The lowest BCUT2D eigenvalue weighted by molar-refractivity contribution is 0.723. The van der Waals surface area contributed by atoms with Crippen molar-refractivity contribution in [2.75, 3.05) is 0 Å². The van der Waals surface area contributed by atoms with E-state index in [1.165, 1.54) is 43.2 Å². The van der Waals surface area contributed by atoms with E-state index in [4.69, 9.17) is 9.97 Å². The first-order valence-corrected chi connectivity index (χ1v) is 20.6. The SMILES string of the molecule is N#Cc1cc(C#N)cc(-c2ccc(-c3ccc4c(c3)C3(c5cc(-c6nc(-c7ccccc7)cc(-c7ccccc7)n6)ccc5S4)c4ccccc4-c4ccccc43)cc2)c1. The molecule has 2 heterocycles. The monoisotopic (exact) mass is 780 g/mol.